The molecule has 5 nitrogen and oxygen atoms in total. The third kappa shape index (κ3) is 2.11. The Morgan fingerprint density at radius 3 is 2.62 bits per heavy atom. The maximum atomic E-state index is 4.78. The second-order valence-corrected chi connectivity index (χ2v) is 5.03. The van der Waals surface area contributed by atoms with E-state index in [0.29, 0.717) is 5.95 Å². The molecular weight excluding hydrogens is 262 g/mol. The van der Waals surface area contributed by atoms with Gasteiger partial charge in [0, 0.05) is 43.0 Å². The molecule has 0 spiro atoms. The molecule has 104 valence electrons. The molecule has 2 aromatic heterocycles. The summed E-state index contributed by atoms with van der Waals surface area (Å²) < 4.78 is 1.89. The Morgan fingerprint density at radius 2 is 1.81 bits per heavy atom. The van der Waals surface area contributed by atoms with Gasteiger partial charge in [0.25, 0.3) is 5.95 Å². The fraction of sp³-hybridized carbons (Fsp3) is 0.188. The van der Waals surface area contributed by atoms with Crippen LogP contribution in [0.25, 0.3) is 17.2 Å². The van der Waals surface area contributed by atoms with Crippen molar-refractivity contribution in [2.75, 3.05) is 6.54 Å². The van der Waals surface area contributed by atoms with Crippen LogP contribution in [0.2, 0.25) is 0 Å². The first-order valence-corrected chi connectivity index (χ1v) is 7.08. The molecule has 1 N–H and O–H groups in total. The average molecular weight is 277 g/mol. The molecule has 0 unspecified atom stereocenters. The lowest BCUT2D eigenvalue weighted by Gasteiger charge is -2.14. The van der Waals surface area contributed by atoms with Crippen LogP contribution >= 0.6 is 0 Å². The number of aromatic nitrogens is 4. The van der Waals surface area contributed by atoms with Crippen molar-refractivity contribution in [2.24, 2.45) is 0 Å². The fourth-order valence-corrected chi connectivity index (χ4v) is 2.74. The predicted octanol–water partition coefficient (Wildman–Crippen LogP) is 1.97. The van der Waals surface area contributed by atoms with Crippen LogP contribution in [0.3, 0.4) is 0 Å². The number of hydrogen-bond donors (Lipinski definition) is 1. The topological polar surface area (TPSA) is 55.6 Å². The number of nitrogens with zero attached hydrogens (tertiary/aromatic N) is 4. The highest BCUT2D eigenvalue weighted by Crippen LogP contribution is 2.28. The Morgan fingerprint density at radius 1 is 1.00 bits per heavy atom. The summed E-state index contributed by atoms with van der Waals surface area (Å²) in [6, 6.07) is 12.1. The number of nitrogens with one attached hydrogen (secondary N) is 1. The maximum absolute atomic E-state index is 4.78. The monoisotopic (exact) mass is 277 g/mol. The third-order valence-electron chi connectivity index (χ3n) is 3.72. The molecule has 1 aliphatic heterocycles. The van der Waals surface area contributed by atoms with Crippen LogP contribution in [0.5, 0.6) is 0 Å². The van der Waals surface area contributed by atoms with Gasteiger partial charge in [-0.2, -0.15) is 5.10 Å². The number of fused-ring (bicyclic) bond motifs is 1. The molecule has 1 aromatic carbocycles. The van der Waals surface area contributed by atoms with E-state index in [1.165, 1.54) is 11.3 Å². The molecule has 5 heteroatoms. The molecule has 1 aliphatic rings. The van der Waals surface area contributed by atoms with Crippen molar-refractivity contribution >= 4 is 0 Å². The predicted molar refractivity (Wildman–Crippen MR) is 80.0 cm³/mol. The van der Waals surface area contributed by atoms with Crippen molar-refractivity contribution < 1.29 is 0 Å². The second kappa shape index (κ2) is 5.10. The van der Waals surface area contributed by atoms with E-state index in [1.807, 2.05) is 28.9 Å². The van der Waals surface area contributed by atoms with Crippen LogP contribution < -0.4 is 5.32 Å². The molecule has 3 heterocycles. The summed E-state index contributed by atoms with van der Waals surface area (Å²) in [7, 11) is 0. The molecule has 0 atom stereocenters. The minimum atomic E-state index is 0.637. The van der Waals surface area contributed by atoms with Crippen LogP contribution in [0.4, 0.5) is 0 Å². The van der Waals surface area contributed by atoms with Crippen molar-refractivity contribution in [3.05, 3.63) is 60.0 Å². The quantitative estimate of drug-likeness (QED) is 0.778. The SMILES string of the molecule is c1ccc(-c2nn(-c3ncccn3)c3c2CNCC3)cc1. The molecule has 0 amide bonds. The highest BCUT2D eigenvalue weighted by Gasteiger charge is 2.22. The number of hydrogen-bond acceptors (Lipinski definition) is 4. The van der Waals surface area contributed by atoms with E-state index in [-0.39, 0.29) is 0 Å². The molecular formula is C16H15N5. The Hall–Kier alpha value is -2.53. The fourth-order valence-electron chi connectivity index (χ4n) is 2.74. The summed E-state index contributed by atoms with van der Waals surface area (Å²) in [6.07, 6.45) is 4.44. The zero-order chi connectivity index (χ0) is 14.1. The van der Waals surface area contributed by atoms with Gasteiger partial charge in [-0.1, -0.05) is 30.3 Å². The first kappa shape index (κ1) is 12.2. The molecule has 0 fully saturated rings. The summed E-state index contributed by atoms with van der Waals surface area (Å²) in [6.45, 7) is 1.80. The second-order valence-electron chi connectivity index (χ2n) is 5.03. The minimum absolute atomic E-state index is 0.637. The Balaban J connectivity index is 1.92. The van der Waals surface area contributed by atoms with Gasteiger partial charge in [-0.15, -0.1) is 0 Å². The van der Waals surface area contributed by atoms with Crippen molar-refractivity contribution in [1.82, 2.24) is 25.1 Å². The van der Waals surface area contributed by atoms with Gasteiger partial charge in [0.15, 0.2) is 0 Å². The summed E-state index contributed by atoms with van der Waals surface area (Å²) in [5.74, 6) is 0.637. The molecule has 0 radical (unpaired) electrons. The lowest BCUT2D eigenvalue weighted by Crippen LogP contribution is -2.25. The number of benzene rings is 1. The standard InChI is InChI=1S/C16H15N5/c1-2-5-12(6-3-1)15-13-11-17-10-7-14(13)21(20-15)16-18-8-4-9-19-16/h1-6,8-9,17H,7,10-11H2. The van der Waals surface area contributed by atoms with Gasteiger partial charge in [-0.3, -0.25) is 0 Å². The summed E-state index contributed by atoms with van der Waals surface area (Å²) in [5, 5.41) is 8.21. The van der Waals surface area contributed by atoms with Crippen LogP contribution in [0, 0.1) is 0 Å². The molecule has 0 aliphatic carbocycles. The van der Waals surface area contributed by atoms with Gasteiger partial charge in [0.2, 0.25) is 0 Å². The average Bonchev–Trinajstić information content (AvgIpc) is 2.96. The van der Waals surface area contributed by atoms with E-state index in [0.717, 1.165) is 30.8 Å². The Kier molecular flexibility index (Phi) is 2.97. The third-order valence-corrected chi connectivity index (χ3v) is 3.72. The van der Waals surface area contributed by atoms with Crippen LogP contribution in [-0.2, 0) is 13.0 Å². The van der Waals surface area contributed by atoms with E-state index in [9.17, 15) is 0 Å². The van der Waals surface area contributed by atoms with Crippen molar-refractivity contribution in [3.8, 4) is 17.2 Å². The largest absolute Gasteiger partial charge is 0.312 e. The highest BCUT2D eigenvalue weighted by atomic mass is 15.4. The van der Waals surface area contributed by atoms with E-state index in [4.69, 9.17) is 5.10 Å². The van der Waals surface area contributed by atoms with E-state index >= 15 is 0 Å². The summed E-state index contributed by atoms with van der Waals surface area (Å²) >= 11 is 0. The molecule has 0 saturated heterocycles. The lowest BCUT2D eigenvalue weighted by molar-refractivity contribution is 0.617. The highest BCUT2D eigenvalue weighted by molar-refractivity contribution is 5.65. The van der Waals surface area contributed by atoms with Crippen LogP contribution in [0.15, 0.2) is 48.8 Å². The number of rotatable bonds is 2. The smallest absolute Gasteiger partial charge is 0.250 e. The zero-order valence-electron chi connectivity index (χ0n) is 11.5. The Labute approximate surface area is 122 Å². The van der Waals surface area contributed by atoms with Crippen LogP contribution in [-0.4, -0.2) is 26.3 Å². The van der Waals surface area contributed by atoms with Crippen molar-refractivity contribution in [2.45, 2.75) is 13.0 Å². The van der Waals surface area contributed by atoms with Gasteiger partial charge in [0.1, 0.15) is 0 Å². The summed E-state index contributed by atoms with van der Waals surface area (Å²) in [5.41, 5.74) is 4.61. The van der Waals surface area contributed by atoms with E-state index < -0.39 is 0 Å². The van der Waals surface area contributed by atoms with Gasteiger partial charge in [0.05, 0.1) is 11.4 Å². The van der Waals surface area contributed by atoms with Gasteiger partial charge in [-0.25, -0.2) is 14.6 Å². The Bertz CT molecular complexity index is 685. The van der Waals surface area contributed by atoms with Crippen LogP contribution in [0.1, 0.15) is 11.3 Å². The van der Waals surface area contributed by atoms with Crippen molar-refractivity contribution in [3.63, 3.8) is 0 Å². The molecule has 0 bridgehead atoms. The molecule has 0 saturated carbocycles. The van der Waals surface area contributed by atoms with Gasteiger partial charge in [-0.05, 0) is 6.07 Å². The van der Waals surface area contributed by atoms with Gasteiger partial charge < -0.3 is 5.32 Å². The zero-order valence-corrected chi connectivity index (χ0v) is 11.5. The molecule has 4 rings (SSSR count). The lowest BCUT2D eigenvalue weighted by atomic mass is 10.0. The van der Waals surface area contributed by atoms with E-state index in [2.05, 4.69) is 27.4 Å². The van der Waals surface area contributed by atoms with E-state index in [1.54, 1.807) is 12.4 Å². The first-order chi connectivity index (χ1) is 10.4. The molecule has 3 aromatic rings. The molecule has 21 heavy (non-hydrogen) atoms. The minimum Gasteiger partial charge on any atom is -0.312 e. The van der Waals surface area contributed by atoms with Crippen molar-refractivity contribution in [1.29, 1.82) is 0 Å². The maximum Gasteiger partial charge on any atom is 0.250 e. The van der Waals surface area contributed by atoms with Gasteiger partial charge >= 0.3 is 0 Å². The first-order valence-electron chi connectivity index (χ1n) is 7.08. The normalized spacial score (nSPS) is 13.9. The summed E-state index contributed by atoms with van der Waals surface area (Å²) in [4.78, 5) is 8.67.